The quantitative estimate of drug-likeness (QED) is 0.669. The van der Waals surface area contributed by atoms with E-state index in [1.165, 1.54) is 6.92 Å². The van der Waals surface area contributed by atoms with E-state index in [0.29, 0.717) is 17.8 Å². The van der Waals surface area contributed by atoms with Gasteiger partial charge in [-0.25, -0.2) is 4.98 Å². The third kappa shape index (κ3) is 4.51. The molecule has 1 amide bonds. The lowest BCUT2D eigenvalue weighted by Crippen LogP contribution is -2.23. The summed E-state index contributed by atoms with van der Waals surface area (Å²) in [4.78, 5) is 31.7. The molecule has 1 aromatic carbocycles. The van der Waals surface area contributed by atoms with E-state index in [2.05, 4.69) is 20.6 Å². The fourth-order valence-corrected chi connectivity index (χ4v) is 2.36. The van der Waals surface area contributed by atoms with Crippen molar-refractivity contribution < 1.29 is 9.59 Å². The molecule has 0 spiro atoms. The van der Waals surface area contributed by atoms with Crippen molar-refractivity contribution in [2.75, 3.05) is 5.32 Å². The second kappa shape index (κ2) is 8.02. The standard InChI is InChI=1S/C20H18N4O2/c1-14(25)16-3-2-4-17(11-16)24-18-5-6-19(22-13-18)20(26)23-12-15-7-9-21-10-8-15/h2-11,13,24H,12H2,1H3,(H,23,26). The largest absolute Gasteiger partial charge is 0.354 e. The Balaban J connectivity index is 1.62. The smallest absolute Gasteiger partial charge is 0.270 e. The first-order valence-corrected chi connectivity index (χ1v) is 8.13. The number of pyridine rings is 2. The summed E-state index contributed by atoms with van der Waals surface area (Å²) >= 11 is 0. The molecule has 3 rings (SSSR count). The molecule has 0 bridgehead atoms. The van der Waals surface area contributed by atoms with Crippen LogP contribution in [0.1, 0.15) is 33.3 Å². The van der Waals surface area contributed by atoms with Crippen LogP contribution in [-0.2, 0) is 6.54 Å². The highest BCUT2D eigenvalue weighted by Gasteiger charge is 2.07. The number of anilines is 2. The molecule has 0 aliphatic carbocycles. The SMILES string of the molecule is CC(=O)c1cccc(Nc2ccc(C(=O)NCc3ccncc3)nc2)c1. The second-order valence-electron chi connectivity index (χ2n) is 5.73. The zero-order valence-electron chi connectivity index (χ0n) is 14.3. The summed E-state index contributed by atoms with van der Waals surface area (Å²) in [7, 11) is 0. The number of amides is 1. The third-order valence-electron chi connectivity index (χ3n) is 3.76. The van der Waals surface area contributed by atoms with Gasteiger partial charge in [-0.2, -0.15) is 0 Å². The maximum absolute atomic E-state index is 12.2. The number of ketones is 1. The predicted molar refractivity (Wildman–Crippen MR) is 99.4 cm³/mol. The second-order valence-corrected chi connectivity index (χ2v) is 5.73. The molecule has 0 aliphatic heterocycles. The van der Waals surface area contributed by atoms with Gasteiger partial charge >= 0.3 is 0 Å². The van der Waals surface area contributed by atoms with Gasteiger partial charge in [-0.1, -0.05) is 12.1 Å². The third-order valence-corrected chi connectivity index (χ3v) is 3.76. The lowest BCUT2D eigenvalue weighted by atomic mass is 10.1. The Morgan fingerprint density at radius 1 is 1.00 bits per heavy atom. The fourth-order valence-electron chi connectivity index (χ4n) is 2.36. The molecule has 0 radical (unpaired) electrons. The van der Waals surface area contributed by atoms with Gasteiger partial charge in [-0.3, -0.25) is 14.6 Å². The van der Waals surface area contributed by atoms with Crippen molar-refractivity contribution in [2.45, 2.75) is 13.5 Å². The molecule has 2 aromatic heterocycles. The Kier molecular flexibility index (Phi) is 5.34. The van der Waals surface area contributed by atoms with Gasteiger partial charge in [0.1, 0.15) is 5.69 Å². The number of nitrogens with one attached hydrogen (secondary N) is 2. The van der Waals surface area contributed by atoms with E-state index < -0.39 is 0 Å². The van der Waals surface area contributed by atoms with Crippen molar-refractivity contribution in [1.29, 1.82) is 0 Å². The molecule has 6 heteroatoms. The highest BCUT2D eigenvalue weighted by molar-refractivity contribution is 5.95. The van der Waals surface area contributed by atoms with Crippen LogP contribution in [0.4, 0.5) is 11.4 Å². The number of aromatic nitrogens is 2. The van der Waals surface area contributed by atoms with Crippen molar-refractivity contribution in [3.05, 3.63) is 83.9 Å². The minimum atomic E-state index is -0.244. The number of carbonyl (C=O) groups excluding carboxylic acids is 2. The molecule has 0 unspecified atom stereocenters. The van der Waals surface area contributed by atoms with Gasteiger partial charge < -0.3 is 10.6 Å². The molecule has 0 saturated carbocycles. The van der Waals surface area contributed by atoms with Gasteiger partial charge in [-0.05, 0) is 48.9 Å². The van der Waals surface area contributed by atoms with Gasteiger partial charge in [0.15, 0.2) is 5.78 Å². The molecule has 2 heterocycles. The fraction of sp³-hybridized carbons (Fsp3) is 0.100. The molecular weight excluding hydrogens is 328 g/mol. The van der Waals surface area contributed by atoms with Crippen LogP contribution in [0.3, 0.4) is 0 Å². The van der Waals surface area contributed by atoms with E-state index in [4.69, 9.17) is 0 Å². The topological polar surface area (TPSA) is 84.0 Å². The van der Waals surface area contributed by atoms with Crippen LogP contribution in [0.15, 0.2) is 67.1 Å². The van der Waals surface area contributed by atoms with E-state index in [9.17, 15) is 9.59 Å². The molecule has 2 N–H and O–H groups in total. The Hall–Kier alpha value is -3.54. The normalized spacial score (nSPS) is 10.2. The molecule has 0 atom stereocenters. The van der Waals surface area contributed by atoms with Crippen molar-refractivity contribution in [3.63, 3.8) is 0 Å². The van der Waals surface area contributed by atoms with Crippen LogP contribution in [0.2, 0.25) is 0 Å². The van der Waals surface area contributed by atoms with Crippen molar-refractivity contribution in [1.82, 2.24) is 15.3 Å². The predicted octanol–water partition coefficient (Wildman–Crippen LogP) is 3.35. The summed E-state index contributed by atoms with van der Waals surface area (Å²) in [5, 5.41) is 5.99. The first kappa shape index (κ1) is 17.3. The number of nitrogens with zero attached hydrogens (tertiary/aromatic N) is 2. The first-order chi connectivity index (χ1) is 12.6. The number of carbonyl (C=O) groups is 2. The summed E-state index contributed by atoms with van der Waals surface area (Å²) in [5.74, 6) is -0.236. The average Bonchev–Trinajstić information content (AvgIpc) is 2.68. The first-order valence-electron chi connectivity index (χ1n) is 8.13. The Labute approximate surface area is 151 Å². The van der Waals surface area contributed by atoms with Crippen molar-refractivity contribution in [3.8, 4) is 0 Å². The minimum Gasteiger partial charge on any atom is -0.354 e. The number of benzene rings is 1. The van der Waals surface area contributed by atoms with E-state index in [1.807, 2.05) is 24.3 Å². The number of rotatable bonds is 6. The Morgan fingerprint density at radius 2 is 1.81 bits per heavy atom. The molecule has 3 aromatic rings. The minimum absolute atomic E-state index is 0.00740. The van der Waals surface area contributed by atoms with Gasteiger partial charge in [-0.15, -0.1) is 0 Å². The van der Waals surface area contributed by atoms with Crippen LogP contribution in [-0.4, -0.2) is 21.7 Å². The van der Waals surface area contributed by atoms with E-state index in [-0.39, 0.29) is 11.7 Å². The Morgan fingerprint density at radius 3 is 2.50 bits per heavy atom. The van der Waals surface area contributed by atoms with Crippen molar-refractivity contribution in [2.24, 2.45) is 0 Å². The summed E-state index contributed by atoms with van der Waals surface area (Å²) in [5.41, 5.74) is 3.46. The lowest BCUT2D eigenvalue weighted by Gasteiger charge is -2.08. The van der Waals surface area contributed by atoms with Crippen LogP contribution in [0.25, 0.3) is 0 Å². The van der Waals surface area contributed by atoms with Crippen molar-refractivity contribution >= 4 is 23.1 Å². The summed E-state index contributed by atoms with van der Waals surface area (Å²) in [6.45, 7) is 1.95. The maximum atomic E-state index is 12.2. The summed E-state index contributed by atoms with van der Waals surface area (Å²) < 4.78 is 0. The highest BCUT2D eigenvalue weighted by Crippen LogP contribution is 2.17. The zero-order valence-corrected chi connectivity index (χ0v) is 14.3. The van der Waals surface area contributed by atoms with Crippen LogP contribution >= 0.6 is 0 Å². The average molecular weight is 346 g/mol. The summed E-state index contributed by atoms with van der Waals surface area (Å²) in [6, 6.07) is 14.3. The van der Waals surface area contributed by atoms with Gasteiger partial charge in [0, 0.05) is 30.2 Å². The van der Waals surface area contributed by atoms with Gasteiger partial charge in [0.2, 0.25) is 0 Å². The lowest BCUT2D eigenvalue weighted by molar-refractivity contribution is 0.0945. The van der Waals surface area contributed by atoms with Crippen LogP contribution in [0.5, 0.6) is 0 Å². The molecule has 6 nitrogen and oxygen atoms in total. The number of hydrogen-bond donors (Lipinski definition) is 2. The van der Waals surface area contributed by atoms with Crippen LogP contribution < -0.4 is 10.6 Å². The molecule has 0 fully saturated rings. The number of Topliss-reactive ketones (excluding diaryl/α,β-unsaturated/α-hetero) is 1. The molecule has 26 heavy (non-hydrogen) atoms. The monoisotopic (exact) mass is 346 g/mol. The van der Waals surface area contributed by atoms with Gasteiger partial charge in [0.25, 0.3) is 5.91 Å². The van der Waals surface area contributed by atoms with Gasteiger partial charge in [0.05, 0.1) is 11.9 Å². The van der Waals surface area contributed by atoms with Crippen LogP contribution in [0, 0.1) is 0 Å². The van der Waals surface area contributed by atoms with E-state index in [1.54, 1.807) is 42.9 Å². The summed E-state index contributed by atoms with van der Waals surface area (Å²) in [6.07, 6.45) is 4.95. The zero-order chi connectivity index (χ0) is 18.4. The highest BCUT2D eigenvalue weighted by atomic mass is 16.1. The molecule has 0 saturated heterocycles. The number of hydrogen-bond acceptors (Lipinski definition) is 5. The Bertz CT molecular complexity index is 909. The molecular formula is C20H18N4O2. The molecule has 0 aliphatic rings. The molecule has 130 valence electrons. The van der Waals surface area contributed by atoms with E-state index in [0.717, 1.165) is 16.9 Å². The maximum Gasteiger partial charge on any atom is 0.270 e. The van der Waals surface area contributed by atoms with E-state index >= 15 is 0 Å².